The Balaban J connectivity index is 1.50. The Morgan fingerprint density at radius 3 is 2.50 bits per heavy atom. The van der Waals surface area contributed by atoms with Gasteiger partial charge in [0, 0.05) is 30.3 Å². The van der Waals surface area contributed by atoms with E-state index in [1.807, 2.05) is 23.6 Å². The lowest BCUT2D eigenvalue weighted by atomic mass is 10.2. The van der Waals surface area contributed by atoms with E-state index in [4.69, 9.17) is 10.00 Å². The molecule has 4 rings (SSSR count). The van der Waals surface area contributed by atoms with Gasteiger partial charge in [-0.15, -0.1) is 11.3 Å². The molecule has 0 spiro atoms. The summed E-state index contributed by atoms with van der Waals surface area (Å²) >= 11 is 1.55. The number of nitriles is 1. The molecule has 1 aromatic heterocycles. The topological polar surface area (TPSA) is 85.7 Å². The first-order valence-electron chi connectivity index (χ1n) is 11.7. The van der Waals surface area contributed by atoms with Crippen molar-refractivity contribution in [3.05, 3.63) is 87.9 Å². The van der Waals surface area contributed by atoms with Crippen molar-refractivity contribution in [1.29, 1.82) is 5.26 Å². The van der Waals surface area contributed by atoms with E-state index in [9.17, 15) is 14.0 Å². The standard InChI is InChI=1S/C27H27FN4O3S/c28-22-9-5-21(6-10-22)16-31(18-25-4-2-14-36-25)26(33)19-32(17-24-3-1-13-35-24)27(34)30-23-11-7-20(15-29)8-12-23/h2,4-12,14,24H,1,3,13,16-19H2,(H,30,34). The van der Waals surface area contributed by atoms with Crippen molar-refractivity contribution in [3.63, 3.8) is 0 Å². The highest BCUT2D eigenvalue weighted by Gasteiger charge is 2.27. The number of thiophene rings is 1. The number of nitrogens with one attached hydrogen (secondary N) is 1. The highest BCUT2D eigenvalue weighted by atomic mass is 32.1. The van der Waals surface area contributed by atoms with Gasteiger partial charge in [-0.25, -0.2) is 9.18 Å². The first kappa shape index (κ1) is 25.4. The largest absolute Gasteiger partial charge is 0.376 e. The molecule has 9 heteroatoms. The van der Waals surface area contributed by atoms with Crippen molar-refractivity contribution < 1.29 is 18.7 Å². The van der Waals surface area contributed by atoms with Crippen LogP contribution in [0.1, 0.15) is 28.8 Å². The van der Waals surface area contributed by atoms with E-state index >= 15 is 0 Å². The Labute approximate surface area is 213 Å². The van der Waals surface area contributed by atoms with Crippen LogP contribution in [0.25, 0.3) is 0 Å². The third-order valence-electron chi connectivity index (χ3n) is 5.89. The average molecular weight is 507 g/mol. The van der Waals surface area contributed by atoms with Gasteiger partial charge < -0.3 is 19.9 Å². The minimum atomic E-state index is -0.415. The van der Waals surface area contributed by atoms with Crippen molar-refractivity contribution in [2.45, 2.75) is 32.0 Å². The fourth-order valence-corrected chi connectivity index (χ4v) is 4.70. The van der Waals surface area contributed by atoms with Gasteiger partial charge in [0.1, 0.15) is 12.4 Å². The lowest BCUT2D eigenvalue weighted by Gasteiger charge is -2.29. The molecule has 36 heavy (non-hydrogen) atoms. The maximum absolute atomic E-state index is 13.5. The summed E-state index contributed by atoms with van der Waals surface area (Å²) in [5.41, 5.74) is 1.82. The van der Waals surface area contributed by atoms with Gasteiger partial charge in [0.25, 0.3) is 0 Å². The van der Waals surface area contributed by atoms with Crippen LogP contribution in [0.2, 0.25) is 0 Å². The highest BCUT2D eigenvalue weighted by molar-refractivity contribution is 7.09. The fourth-order valence-electron chi connectivity index (χ4n) is 3.98. The number of hydrogen-bond donors (Lipinski definition) is 1. The van der Waals surface area contributed by atoms with Gasteiger partial charge in [-0.3, -0.25) is 4.79 Å². The van der Waals surface area contributed by atoms with Gasteiger partial charge in [0.15, 0.2) is 0 Å². The number of nitrogens with zero attached hydrogens (tertiary/aromatic N) is 3. The van der Waals surface area contributed by atoms with Crippen molar-refractivity contribution in [1.82, 2.24) is 9.80 Å². The van der Waals surface area contributed by atoms with Crippen LogP contribution in [-0.2, 0) is 22.6 Å². The van der Waals surface area contributed by atoms with E-state index in [1.54, 1.807) is 52.6 Å². The second-order valence-corrected chi connectivity index (χ2v) is 9.62. The fraction of sp³-hybridized carbons (Fsp3) is 0.296. The van der Waals surface area contributed by atoms with Gasteiger partial charge in [-0.1, -0.05) is 18.2 Å². The molecule has 1 aliphatic heterocycles. The van der Waals surface area contributed by atoms with Gasteiger partial charge >= 0.3 is 6.03 Å². The summed E-state index contributed by atoms with van der Waals surface area (Å²) in [6.07, 6.45) is 1.61. The number of anilines is 1. The van der Waals surface area contributed by atoms with Crippen molar-refractivity contribution >= 4 is 29.0 Å². The lowest BCUT2D eigenvalue weighted by molar-refractivity contribution is -0.133. The number of urea groups is 1. The second kappa shape index (κ2) is 12.3. The molecule has 0 aliphatic carbocycles. The van der Waals surface area contributed by atoms with Gasteiger partial charge in [-0.2, -0.15) is 5.26 Å². The Morgan fingerprint density at radius 1 is 1.08 bits per heavy atom. The minimum absolute atomic E-state index is 0.130. The van der Waals surface area contributed by atoms with Crippen LogP contribution in [0.15, 0.2) is 66.0 Å². The summed E-state index contributed by atoms with van der Waals surface area (Å²) in [5.74, 6) is -0.558. The molecule has 0 radical (unpaired) electrons. The number of carbonyl (C=O) groups is 2. The summed E-state index contributed by atoms with van der Waals surface area (Å²) in [4.78, 5) is 30.9. The molecule has 1 saturated heterocycles. The van der Waals surface area contributed by atoms with E-state index in [0.29, 0.717) is 30.9 Å². The lowest BCUT2D eigenvalue weighted by Crippen LogP contribution is -2.46. The zero-order valence-corrected chi connectivity index (χ0v) is 20.5. The molecule has 186 valence electrons. The van der Waals surface area contributed by atoms with Crippen LogP contribution in [0.3, 0.4) is 0 Å². The Hall–Kier alpha value is -3.74. The summed E-state index contributed by atoms with van der Waals surface area (Å²) in [5, 5.41) is 13.8. The Bertz CT molecular complexity index is 1190. The molecule has 3 aromatic rings. The number of amides is 3. The van der Waals surface area contributed by atoms with Crippen LogP contribution in [-0.4, -0.2) is 47.5 Å². The SMILES string of the molecule is N#Cc1ccc(NC(=O)N(CC(=O)N(Cc2ccc(F)cc2)Cc2cccs2)CC2CCCO2)cc1. The third kappa shape index (κ3) is 7.13. The number of halogens is 1. The zero-order valence-electron chi connectivity index (χ0n) is 19.7. The van der Waals surface area contributed by atoms with E-state index in [-0.39, 0.29) is 30.9 Å². The molecule has 1 N–H and O–H groups in total. The summed E-state index contributed by atoms with van der Waals surface area (Å²) in [7, 11) is 0. The molecule has 0 bridgehead atoms. The van der Waals surface area contributed by atoms with E-state index in [0.717, 1.165) is 23.3 Å². The first-order chi connectivity index (χ1) is 17.5. The van der Waals surface area contributed by atoms with E-state index in [2.05, 4.69) is 5.32 Å². The molecule has 7 nitrogen and oxygen atoms in total. The predicted octanol–water partition coefficient (Wildman–Crippen LogP) is 5.00. The predicted molar refractivity (Wildman–Crippen MR) is 136 cm³/mol. The quantitative estimate of drug-likeness (QED) is 0.443. The smallest absolute Gasteiger partial charge is 0.322 e. The normalized spacial score (nSPS) is 14.7. The maximum atomic E-state index is 13.5. The van der Waals surface area contributed by atoms with Crippen molar-refractivity contribution in [2.75, 3.05) is 25.0 Å². The van der Waals surface area contributed by atoms with Crippen LogP contribution in [0.4, 0.5) is 14.9 Å². The van der Waals surface area contributed by atoms with Crippen LogP contribution in [0, 0.1) is 17.1 Å². The Morgan fingerprint density at radius 2 is 1.86 bits per heavy atom. The molecule has 1 atom stereocenters. The minimum Gasteiger partial charge on any atom is -0.376 e. The molecule has 0 saturated carbocycles. The van der Waals surface area contributed by atoms with Gasteiger partial charge in [-0.05, 0) is 66.2 Å². The number of carbonyl (C=O) groups excluding carboxylic acids is 2. The Kier molecular flexibility index (Phi) is 8.66. The third-order valence-corrected chi connectivity index (χ3v) is 6.75. The van der Waals surface area contributed by atoms with Crippen LogP contribution in [0.5, 0.6) is 0 Å². The monoisotopic (exact) mass is 506 g/mol. The van der Waals surface area contributed by atoms with Crippen molar-refractivity contribution in [3.8, 4) is 6.07 Å². The van der Waals surface area contributed by atoms with Gasteiger partial charge in [0.05, 0.1) is 24.3 Å². The van der Waals surface area contributed by atoms with E-state index in [1.165, 1.54) is 17.0 Å². The number of rotatable bonds is 9. The molecular weight excluding hydrogens is 479 g/mol. The first-order valence-corrected chi connectivity index (χ1v) is 12.6. The average Bonchev–Trinajstić information content (AvgIpc) is 3.59. The molecule has 2 aromatic carbocycles. The van der Waals surface area contributed by atoms with E-state index < -0.39 is 6.03 Å². The molecule has 3 amide bonds. The molecule has 1 fully saturated rings. The zero-order chi connectivity index (χ0) is 25.3. The molecule has 1 aliphatic rings. The number of hydrogen-bond acceptors (Lipinski definition) is 5. The molecule has 2 heterocycles. The maximum Gasteiger partial charge on any atom is 0.322 e. The van der Waals surface area contributed by atoms with Crippen LogP contribution >= 0.6 is 11.3 Å². The second-order valence-electron chi connectivity index (χ2n) is 8.59. The van der Waals surface area contributed by atoms with Gasteiger partial charge in [0.2, 0.25) is 5.91 Å². The summed E-state index contributed by atoms with van der Waals surface area (Å²) in [6, 6.07) is 18.1. The number of ether oxygens (including phenoxy) is 1. The number of benzene rings is 2. The summed E-state index contributed by atoms with van der Waals surface area (Å²) in [6.45, 7) is 1.48. The van der Waals surface area contributed by atoms with Crippen LogP contribution < -0.4 is 5.32 Å². The highest BCUT2D eigenvalue weighted by Crippen LogP contribution is 2.18. The molecular formula is C27H27FN4O3S. The van der Waals surface area contributed by atoms with Crippen molar-refractivity contribution in [2.24, 2.45) is 0 Å². The summed E-state index contributed by atoms with van der Waals surface area (Å²) < 4.78 is 19.1. The molecule has 1 unspecified atom stereocenters.